The molecule has 0 unspecified atom stereocenters. The first-order valence-corrected chi connectivity index (χ1v) is 8.59. The van der Waals surface area contributed by atoms with Crippen molar-refractivity contribution in [1.82, 2.24) is 9.29 Å². The number of anilines is 1. The van der Waals surface area contributed by atoms with Crippen molar-refractivity contribution in [2.45, 2.75) is 50.0 Å². The molecule has 20 heavy (non-hydrogen) atoms. The molecule has 1 heterocycles. The van der Waals surface area contributed by atoms with E-state index in [1.54, 1.807) is 13.1 Å². The quantitative estimate of drug-likeness (QED) is 0.924. The highest BCUT2D eigenvalue weighted by Crippen LogP contribution is 2.32. The molecule has 6 heteroatoms. The molecule has 0 amide bonds. The van der Waals surface area contributed by atoms with Gasteiger partial charge in [-0.05, 0) is 43.7 Å². The molecule has 0 radical (unpaired) electrons. The monoisotopic (exact) mass is 297 g/mol. The van der Waals surface area contributed by atoms with Gasteiger partial charge in [0.25, 0.3) is 0 Å². The summed E-state index contributed by atoms with van der Waals surface area (Å²) in [6, 6.07) is 3.19. The third-order valence-corrected chi connectivity index (χ3v) is 6.32. The second kappa shape index (κ2) is 6.10. The molecule has 1 aliphatic rings. The summed E-state index contributed by atoms with van der Waals surface area (Å²) in [6.45, 7) is 2.20. The topological polar surface area (TPSA) is 76.3 Å². The van der Waals surface area contributed by atoms with Gasteiger partial charge in [-0.1, -0.05) is 13.3 Å². The van der Waals surface area contributed by atoms with Crippen LogP contribution in [0, 0.1) is 5.92 Å². The Hall–Kier alpha value is -1.14. The van der Waals surface area contributed by atoms with Gasteiger partial charge in [-0.15, -0.1) is 0 Å². The molecule has 0 aromatic carbocycles. The smallest absolute Gasteiger partial charge is 0.246 e. The van der Waals surface area contributed by atoms with Gasteiger partial charge in [-0.25, -0.2) is 13.4 Å². The summed E-state index contributed by atoms with van der Waals surface area (Å²) < 4.78 is 26.7. The van der Waals surface area contributed by atoms with Crippen molar-refractivity contribution in [1.29, 1.82) is 0 Å². The van der Waals surface area contributed by atoms with Crippen molar-refractivity contribution >= 4 is 15.8 Å². The molecule has 0 saturated heterocycles. The number of nitrogen functional groups attached to an aromatic ring is 1. The molecule has 112 valence electrons. The maximum Gasteiger partial charge on any atom is 0.246 e. The van der Waals surface area contributed by atoms with Gasteiger partial charge < -0.3 is 5.73 Å². The highest BCUT2D eigenvalue weighted by molar-refractivity contribution is 7.89. The van der Waals surface area contributed by atoms with Crippen LogP contribution >= 0.6 is 0 Å². The summed E-state index contributed by atoms with van der Waals surface area (Å²) in [5.41, 5.74) is 5.70. The van der Waals surface area contributed by atoms with Gasteiger partial charge in [0.2, 0.25) is 10.0 Å². The number of pyridine rings is 1. The predicted octanol–water partition coefficient (Wildman–Crippen LogP) is 2.25. The number of sulfonamides is 1. The molecule has 2 N–H and O–H groups in total. The molecule has 0 atom stereocenters. The minimum absolute atomic E-state index is 0.0709. The first-order valence-electron chi connectivity index (χ1n) is 7.15. The predicted molar refractivity (Wildman–Crippen MR) is 79.6 cm³/mol. The Labute approximate surface area is 121 Å². The summed E-state index contributed by atoms with van der Waals surface area (Å²) in [5, 5.41) is 0. The number of hydrogen-bond acceptors (Lipinski definition) is 4. The van der Waals surface area contributed by atoms with Gasteiger partial charge in [0.1, 0.15) is 10.7 Å². The molecule has 1 saturated carbocycles. The molecule has 1 aliphatic carbocycles. The Balaban J connectivity index is 2.16. The van der Waals surface area contributed by atoms with E-state index in [4.69, 9.17) is 5.73 Å². The van der Waals surface area contributed by atoms with Crippen LogP contribution in [0.2, 0.25) is 0 Å². The van der Waals surface area contributed by atoms with Crippen LogP contribution in [0.25, 0.3) is 0 Å². The van der Waals surface area contributed by atoms with E-state index in [2.05, 4.69) is 11.9 Å². The van der Waals surface area contributed by atoms with E-state index in [0.29, 0.717) is 0 Å². The van der Waals surface area contributed by atoms with Gasteiger partial charge in [-0.2, -0.15) is 4.31 Å². The average molecular weight is 297 g/mol. The number of nitrogens with two attached hydrogens (primary N) is 1. The fraction of sp³-hybridized carbons (Fsp3) is 0.643. The van der Waals surface area contributed by atoms with Gasteiger partial charge >= 0.3 is 0 Å². The summed E-state index contributed by atoms with van der Waals surface area (Å²) in [7, 11) is -1.90. The van der Waals surface area contributed by atoms with Crippen LogP contribution in [-0.2, 0) is 10.0 Å². The van der Waals surface area contributed by atoms with Crippen LogP contribution < -0.4 is 5.73 Å². The summed E-state index contributed by atoms with van der Waals surface area (Å²) >= 11 is 0. The summed E-state index contributed by atoms with van der Waals surface area (Å²) in [6.07, 6.45) is 6.73. The largest absolute Gasteiger partial charge is 0.383 e. The molecule has 0 spiro atoms. The molecule has 5 nitrogen and oxygen atoms in total. The van der Waals surface area contributed by atoms with E-state index in [1.165, 1.54) is 23.0 Å². The normalized spacial score (nSPS) is 23.9. The molecule has 1 aromatic heterocycles. The lowest BCUT2D eigenvalue weighted by Crippen LogP contribution is -2.39. The lowest BCUT2D eigenvalue weighted by molar-refractivity contribution is 0.233. The van der Waals surface area contributed by atoms with Crippen molar-refractivity contribution < 1.29 is 8.42 Å². The molecular weight excluding hydrogens is 274 g/mol. The zero-order valence-corrected chi connectivity index (χ0v) is 12.9. The SMILES string of the molecule is CCC1CCC(N(C)S(=O)(=O)c2cccnc2N)CC1. The fourth-order valence-corrected chi connectivity index (χ4v) is 4.37. The summed E-state index contributed by atoms with van der Waals surface area (Å²) in [5.74, 6) is 0.812. The van der Waals surface area contributed by atoms with Crippen LogP contribution in [0.1, 0.15) is 39.0 Å². The van der Waals surface area contributed by atoms with Crippen LogP contribution in [0.15, 0.2) is 23.2 Å². The zero-order valence-electron chi connectivity index (χ0n) is 12.1. The Morgan fingerprint density at radius 3 is 2.55 bits per heavy atom. The highest BCUT2D eigenvalue weighted by atomic mass is 32.2. The summed E-state index contributed by atoms with van der Waals surface area (Å²) in [4.78, 5) is 3.98. The van der Waals surface area contributed by atoms with Crippen molar-refractivity contribution in [2.24, 2.45) is 5.92 Å². The van der Waals surface area contributed by atoms with E-state index < -0.39 is 10.0 Å². The van der Waals surface area contributed by atoms with Crippen LogP contribution in [0.4, 0.5) is 5.82 Å². The van der Waals surface area contributed by atoms with Gasteiger partial charge in [-0.3, -0.25) is 0 Å². The molecule has 1 aromatic rings. The van der Waals surface area contributed by atoms with E-state index in [0.717, 1.165) is 31.6 Å². The van der Waals surface area contributed by atoms with Crippen LogP contribution in [-0.4, -0.2) is 30.8 Å². The number of aromatic nitrogens is 1. The number of hydrogen-bond donors (Lipinski definition) is 1. The number of rotatable bonds is 4. The van der Waals surface area contributed by atoms with Crippen molar-refractivity contribution in [3.8, 4) is 0 Å². The Morgan fingerprint density at radius 2 is 2.00 bits per heavy atom. The average Bonchev–Trinajstić information content (AvgIpc) is 2.47. The lowest BCUT2D eigenvalue weighted by atomic mass is 9.85. The van der Waals surface area contributed by atoms with Crippen molar-refractivity contribution in [3.63, 3.8) is 0 Å². The molecule has 2 rings (SSSR count). The highest BCUT2D eigenvalue weighted by Gasteiger charge is 2.32. The first-order chi connectivity index (χ1) is 9.46. The molecule has 1 fully saturated rings. The van der Waals surface area contributed by atoms with Crippen molar-refractivity contribution in [3.05, 3.63) is 18.3 Å². The van der Waals surface area contributed by atoms with Gasteiger partial charge in [0, 0.05) is 19.3 Å². The first kappa shape index (κ1) is 15.3. The van der Waals surface area contributed by atoms with E-state index >= 15 is 0 Å². The number of nitrogens with zero attached hydrogens (tertiary/aromatic N) is 2. The van der Waals surface area contributed by atoms with Crippen molar-refractivity contribution in [2.75, 3.05) is 12.8 Å². The lowest BCUT2D eigenvalue weighted by Gasteiger charge is -2.33. The Kier molecular flexibility index (Phi) is 4.65. The third-order valence-electron chi connectivity index (χ3n) is 4.36. The fourth-order valence-electron chi connectivity index (χ4n) is 2.89. The van der Waals surface area contributed by atoms with E-state index in [9.17, 15) is 8.42 Å². The van der Waals surface area contributed by atoms with E-state index in [-0.39, 0.29) is 16.8 Å². The maximum absolute atomic E-state index is 12.6. The standard InChI is InChI=1S/C14H23N3O2S/c1-3-11-6-8-12(9-7-11)17(2)20(18,19)13-5-4-10-16-14(13)15/h4-5,10-12H,3,6-9H2,1-2H3,(H2,15,16). The van der Waals surface area contributed by atoms with Gasteiger partial charge in [0.15, 0.2) is 0 Å². The molecule has 0 aliphatic heterocycles. The minimum Gasteiger partial charge on any atom is -0.383 e. The van der Waals surface area contributed by atoms with Gasteiger partial charge in [0.05, 0.1) is 0 Å². The van der Waals surface area contributed by atoms with E-state index in [1.807, 2.05) is 0 Å². The Bertz CT molecular complexity index is 551. The second-order valence-electron chi connectivity index (χ2n) is 5.49. The Morgan fingerprint density at radius 1 is 1.35 bits per heavy atom. The third kappa shape index (κ3) is 2.96. The minimum atomic E-state index is -3.55. The second-order valence-corrected chi connectivity index (χ2v) is 7.46. The van der Waals surface area contributed by atoms with Crippen LogP contribution in [0.5, 0.6) is 0 Å². The zero-order chi connectivity index (χ0) is 14.8. The van der Waals surface area contributed by atoms with Crippen LogP contribution in [0.3, 0.4) is 0 Å². The maximum atomic E-state index is 12.6. The molecule has 0 bridgehead atoms. The molecular formula is C14H23N3O2S.